The van der Waals surface area contributed by atoms with Gasteiger partial charge in [0.15, 0.2) is 0 Å². The van der Waals surface area contributed by atoms with E-state index in [9.17, 15) is 8.42 Å². The second kappa shape index (κ2) is 6.14. The van der Waals surface area contributed by atoms with Crippen molar-refractivity contribution in [2.45, 2.75) is 4.21 Å². The van der Waals surface area contributed by atoms with Crippen molar-refractivity contribution in [2.24, 2.45) is 0 Å². The molecule has 4 aromatic rings. The molecule has 4 rings (SSSR count). The lowest BCUT2D eigenvalue weighted by Crippen LogP contribution is -2.12. The van der Waals surface area contributed by atoms with Gasteiger partial charge in [-0.15, -0.1) is 27.8 Å². The van der Waals surface area contributed by atoms with E-state index in [0.29, 0.717) is 4.96 Å². The van der Waals surface area contributed by atoms with E-state index in [2.05, 4.69) is 14.8 Å². The summed E-state index contributed by atoms with van der Waals surface area (Å²) < 4.78 is 34.0. The Labute approximate surface area is 151 Å². The number of hydrogen-bond acceptors (Lipinski definition) is 7. The number of fused-ring (bicyclic) bond motifs is 1. The van der Waals surface area contributed by atoms with Crippen molar-refractivity contribution in [3.63, 3.8) is 0 Å². The van der Waals surface area contributed by atoms with Crippen molar-refractivity contribution >= 4 is 43.6 Å². The zero-order chi connectivity index (χ0) is 17.4. The van der Waals surface area contributed by atoms with Crippen LogP contribution in [0.1, 0.15) is 0 Å². The third-order valence-electron chi connectivity index (χ3n) is 3.45. The van der Waals surface area contributed by atoms with Crippen LogP contribution in [-0.4, -0.2) is 30.1 Å². The van der Waals surface area contributed by atoms with E-state index in [-0.39, 0.29) is 10.2 Å². The standard InChI is InChI=1S/C15H12N4O3S3/c1-22-11-6-4-10(5-7-11)12-9-24-15-16-14(17-19(12)15)18-25(20,21)13-3-2-8-23-13/h2-9H,1H3,(H,17,18). The normalized spacial score (nSPS) is 11.7. The molecule has 0 radical (unpaired) electrons. The van der Waals surface area contributed by atoms with Crippen LogP contribution in [0.15, 0.2) is 51.4 Å². The summed E-state index contributed by atoms with van der Waals surface area (Å²) in [5, 5.41) is 7.91. The molecule has 1 aromatic carbocycles. The van der Waals surface area contributed by atoms with E-state index >= 15 is 0 Å². The summed E-state index contributed by atoms with van der Waals surface area (Å²) in [6, 6.07) is 10.8. The first-order valence-electron chi connectivity index (χ1n) is 7.12. The molecule has 0 fully saturated rings. The number of hydrogen-bond donors (Lipinski definition) is 1. The highest BCUT2D eigenvalue weighted by molar-refractivity contribution is 7.94. The van der Waals surface area contributed by atoms with Crippen LogP contribution < -0.4 is 9.46 Å². The molecule has 0 saturated carbocycles. The Balaban J connectivity index is 1.68. The Kier molecular flexibility index (Phi) is 3.94. The van der Waals surface area contributed by atoms with Crippen LogP contribution in [0.3, 0.4) is 0 Å². The molecule has 25 heavy (non-hydrogen) atoms. The second-order valence-corrected chi connectivity index (χ2v) is 8.71. The SMILES string of the molecule is COc1ccc(-c2csc3nc(NS(=O)(=O)c4cccs4)nn23)cc1. The van der Waals surface area contributed by atoms with Gasteiger partial charge in [0.1, 0.15) is 9.96 Å². The number of sulfonamides is 1. The van der Waals surface area contributed by atoms with Crippen molar-refractivity contribution < 1.29 is 13.2 Å². The van der Waals surface area contributed by atoms with Gasteiger partial charge in [0, 0.05) is 10.9 Å². The lowest BCUT2D eigenvalue weighted by atomic mass is 10.2. The molecule has 0 unspecified atom stereocenters. The van der Waals surface area contributed by atoms with E-state index in [4.69, 9.17) is 4.74 Å². The maximum absolute atomic E-state index is 12.3. The van der Waals surface area contributed by atoms with Crippen LogP contribution in [0, 0.1) is 0 Å². The second-order valence-electron chi connectivity index (χ2n) is 5.02. The lowest BCUT2D eigenvalue weighted by Gasteiger charge is -2.02. The number of ether oxygens (including phenoxy) is 1. The van der Waals surface area contributed by atoms with Crippen molar-refractivity contribution in [2.75, 3.05) is 11.8 Å². The molecular formula is C15H12N4O3S3. The summed E-state index contributed by atoms with van der Waals surface area (Å²) in [5.41, 5.74) is 1.77. The van der Waals surface area contributed by atoms with Gasteiger partial charge in [-0.25, -0.2) is 17.7 Å². The quantitative estimate of drug-likeness (QED) is 0.563. The minimum atomic E-state index is -3.66. The van der Waals surface area contributed by atoms with E-state index < -0.39 is 10.0 Å². The number of nitrogens with zero attached hydrogens (tertiary/aromatic N) is 3. The van der Waals surface area contributed by atoms with Crippen LogP contribution in [0.5, 0.6) is 5.75 Å². The van der Waals surface area contributed by atoms with Gasteiger partial charge in [-0.05, 0) is 35.7 Å². The third kappa shape index (κ3) is 2.99. The fraction of sp³-hybridized carbons (Fsp3) is 0.0667. The van der Waals surface area contributed by atoms with E-state index in [1.807, 2.05) is 29.6 Å². The predicted octanol–water partition coefficient (Wildman–Crippen LogP) is 3.33. The number of aromatic nitrogens is 3. The molecule has 0 saturated heterocycles. The molecule has 0 atom stereocenters. The van der Waals surface area contributed by atoms with Crippen LogP contribution in [-0.2, 0) is 10.0 Å². The zero-order valence-electron chi connectivity index (χ0n) is 12.9. The van der Waals surface area contributed by atoms with Gasteiger partial charge in [0.05, 0.1) is 12.8 Å². The Morgan fingerprint density at radius 1 is 1.16 bits per heavy atom. The van der Waals surface area contributed by atoms with Crippen LogP contribution >= 0.6 is 22.7 Å². The molecule has 0 amide bonds. The Hall–Kier alpha value is -2.43. The molecule has 3 heterocycles. The summed E-state index contributed by atoms with van der Waals surface area (Å²) in [5.74, 6) is 0.813. The van der Waals surface area contributed by atoms with Gasteiger partial charge >= 0.3 is 0 Å². The minimum Gasteiger partial charge on any atom is -0.497 e. The summed E-state index contributed by atoms with van der Waals surface area (Å²) in [6.07, 6.45) is 0. The fourth-order valence-electron chi connectivity index (χ4n) is 2.27. The van der Waals surface area contributed by atoms with Crippen molar-refractivity contribution in [3.8, 4) is 17.0 Å². The van der Waals surface area contributed by atoms with Gasteiger partial charge in [0.2, 0.25) is 4.96 Å². The lowest BCUT2D eigenvalue weighted by molar-refractivity contribution is 0.415. The number of nitrogens with one attached hydrogen (secondary N) is 1. The van der Waals surface area contributed by atoms with Gasteiger partial charge in [-0.3, -0.25) is 0 Å². The number of rotatable bonds is 5. The highest BCUT2D eigenvalue weighted by Gasteiger charge is 2.19. The van der Waals surface area contributed by atoms with Crippen molar-refractivity contribution in [3.05, 3.63) is 47.2 Å². The predicted molar refractivity (Wildman–Crippen MR) is 98.0 cm³/mol. The van der Waals surface area contributed by atoms with E-state index in [1.54, 1.807) is 23.1 Å². The fourth-order valence-corrected chi connectivity index (χ4v) is 5.03. The first kappa shape index (κ1) is 16.1. The zero-order valence-corrected chi connectivity index (χ0v) is 15.4. The molecular weight excluding hydrogens is 380 g/mol. The maximum atomic E-state index is 12.3. The molecule has 1 N–H and O–H groups in total. The number of benzene rings is 1. The van der Waals surface area contributed by atoms with Gasteiger partial charge in [-0.2, -0.15) is 4.98 Å². The van der Waals surface area contributed by atoms with Crippen LogP contribution in [0.25, 0.3) is 16.2 Å². The molecule has 0 aliphatic rings. The highest BCUT2D eigenvalue weighted by atomic mass is 32.2. The smallest absolute Gasteiger partial charge is 0.273 e. The number of methoxy groups -OCH3 is 1. The summed E-state index contributed by atoms with van der Waals surface area (Å²) >= 11 is 2.53. The van der Waals surface area contributed by atoms with Crippen LogP contribution in [0.4, 0.5) is 5.95 Å². The Bertz CT molecular complexity index is 1110. The molecule has 3 aromatic heterocycles. The average Bonchev–Trinajstić information content (AvgIpc) is 3.31. The average molecular weight is 392 g/mol. The number of thiazole rings is 1. The molecule has 0 aliphatic heterocycles. The summed E-state index contributed by atoms with van der Waals surface area (Å²) in [4.78, 5) is 4.85. The summed E-state index contributed by atoms with van der Waals surface area (Å²) in [7, 11) is -2.05. The van der Waals surface area contributed by atoms with Gasteiger partial charge in [-0.1, -0.05) is 6.07 Å². The van der Waals surface area contributed by atoms with Gasteiger partial charge in [0.25, 0.3) is 16.0 Å². The first-order valence-corrected chi connectivity index (χ1v) is 10.4. The molecule has 128 valence electrons. The third-order valence-corrected chi connectivity index (χ3v) is 6.99. The topological polar surface area (TPSA) is 85.6 Å². The Morgan fingerprint density at radius 2 is 1.96 bits per heavy atom. The van der Waals surface area contributed by atoms with E-state index in [1.165, 1.54) is 17.4 Å². The van der Waals surface area contributed by atoms with Crippen LogP contribution in [0.2, 0.25) is 0 Å². The van der Waals surface area contributed by atoms with Crippen molar-refractivity contribution in [1.29, 1.82) is 0 Å². The minimum absolute atomic E-state index is 0.0509. The largest absolute Gasteiger partial charge is 0.497 e. The molecule has 10 heteroatoms. The molecule has 0 aliphatic carbocycles. The van der Waals surface area contributed by atoms with Crippen molar-refractivity contribution in [1.82, 2.24) is 14.6 Å². The number of thiophene rings is 1. The molecule has 0 bridgehead atoms. The molecule has 0 spiro atoms. The highest BCUT2D eigenvalue weighted by Crippen LogP contribution is 2.28. The van der Waals surface area contributed by atoms with E-state index in [0.717, 1.165) is 28.3 Å². The monoisotopic (exact) mass is 392 g/mol. The first-order chi connectivity index (χ1) is 12.1. The summed E-state index contributed by atoms with van der Waals surface area (Å²) in [6.45, 7) is 0. The Morgan fingerprint density at radius 3 is 2.64 bits per heavy atom. The maximum Gasteiger partial charge on any atom is 0.273 e. The van der Waals surface area contributed by atoms with Gasteiger partial charge < -0.3 is 4.74 Å². The molecule has 7 nitrogen and oxygen atoms in total. The number of anilines is 1.